The molecule has 20 heavy (non-hydrogen) atoms. The summed E-state index contributed by atoms with van der Waals surface area (Å²) in [5, 5.41) is 4.67. The summed E-state index contributed by atoms with van der Waals surface area (Å²) in [6.45, 7) is 3.35. The minimum Gasteiger partial charge on any atom is -0.313 e. The number of hydrogen-bond acceptors (Lipinski definition) is 1. The van der Waals surface area contributed by atoms with E-state index >= 15 is 0 Å². The van der Waals surface area contributed by atoms with Gasteiger partial charge in [0.2, 0.25) is 0 Å². The van der Waals surface area contributed by atoms with Gasteiger partial charge in [-0.05, 0) is 74.1 Å². The fourth-order valence-corrected chi connectivity index (χ4v) is 4.50. The first-order chi connectivity index (χ1) is 9.67. The number of benzene rings is 1. The van der Waals surface area contributed by atoms with Crippen LogP contribution in [-0.4, -0.2) is 12.6 Å². The van der Waals surface area contributed by atoms with E-state index < -0.39 is 0 Å². The van der Waals surface area contributed by atoms with Crippen molar-refractivity contribution < 1.29 is 0 Å². The minimum absolute atomic E-state index is 0.599. The van der Waals surface area contributed by atoms with E-state index in [0.29, 0.717) is 6.04 Å². The van der Waals surface area contributed by atoms with E-state index in [-0.39, 0.29) is 0 Å². The molecule has 0 aromatic heterocycles. The lowest BCUT2D eigenvalue weighted by Crippen LogP contribution is -2.38. The van der Waals surface area contributed by atoms with Crippen LogP contribution in [0.3, 0.4) is 0 Å². The zero-order valence-electron chi connectivity index (χ0n) is 12.0. The van der Waals surface area contributed by atoms with Gasteiger partial charge in [0, 0.05) is 15.5 Å². The topological polar surface area (TPSA) is 12.0 Å². The highest BCUT2D eigenvalue weighted by molar-refractivity contribution is 9.10. The van der Waals surface area contributed by atoms with Crippen LogP contribution in [0.5, 0.6) is 0 Å². The standard InChI is InChI=1S/C17H23BrClN/c1-2-5-20-17(14-7-12-6-13(12)8-14)9-11-3-4-15(18)10-16(11)19/h3-4,10,12-14,17,20H,2,5-9H2,1H3. The first-order valence-corrected chi connectivity index (χ1v) is 9.01. The molecule has 0 aliphatic heterocycles. The van der Waals surface area contributed by atoms with E-state index in [4.69, 9.17) is 11.6 Å². The largest absolute Gasteiger partial charge is 0.313 e. The van der Waals surface area contributed by atoms with Crippen molar-refractivity contribution in [3.8, 4) is 0 Å². The quantitative estimate of drug-likeness (QED) is 0.751. The summed E-state index contributed by atoms with van der Waals surface area (Å²) < 4.78 is 1.06. The lowest BCUT2D eigenvalue weighted by Gasteiger charge is -2.26. The van der Waals surface area contributed by atoms with Crippen molar-refractivity contribution in [1.29, 1.82) is 0 Å². The molecule has 110 valence electrons. The molecule has 0 saturated heterocycles. The molecule has 0 bridgehead atoms. The maximum Gasteiger partial charge on any atom is 0.0449 e. The van der Waals surface area contributed by atoms with Crippen molar-refractivity contribution in [1.82, 2.24) is 5.32 Å². The smallest absolute Gasteiger partial charge is 0.0449 e. The highest BCUT2D eigenvalue weighted by atomic mass is 79.9. The Bertz CT molecular complexity index is 466. The van der Waals surface area contributed by atoms with Crippen LogP contribution < -0.4 is 5.32 Å². The molecule has 3 atom stereocenters. The average Bonchev–Trinajstić information content (AvgIpc) is 3.03. The van der Waals surface area contributed by atoms with Crippen LogP contribution in [0.25, 0.3) is 0 Å². The third-order valence-corrected chi connectivity index (χ3v) is 5.81. The Labute approximate surface area is 135 Å². The van der Waals surface area contributed by atoms with Gasteiger partial charge in [-0.15, -0.1) is 0 Å². The Hall–Kier alpha value is -0.0500. The predicted octanol–water partition coefficient (Wildman–Crippen LogP) is 5.06. The molecule has 3 rings (SSSR count). The van der Waals surface area contributed by atoms with Gasteiger partial charge in [-0.25, -0.2) is 0 Å². The van der Waals surface area contributed by atoms with Crippen LogP contribution in [-0.2, 0) is 6.42 Å². The summed E-state index contributed by atoms with van der Waals surface area (Å²) >= 11 is 9.88. The van der Waals surface area contributed by atoms with E-state index in [1.165, 1.54) is 31.2 Å². The molecule has 0 spiro atoms. The molecule has 2 fully saturated rings. The lowest BCUT2D eigenvalue weighted by atomic mass is 9.89. The second-order valence-corrected chi connectivity index (χ2v) is 7.81. The lowest BCUT2D eigenvalue weighted by molar-refractivity contribution is 0.332. The molecule has 2 aliphatic carbocycles. The summed E-state index contributed by atoms with van der Waals surface area (Å²) in [5.74, 6) is 2.95. The zero-order valence-corrected chi connectivity index (χ0v) is 14.4. The van der Waals surface area contributed by atoms with Gasteiger partial charge in [0.15, 0.2) is 0 Å². The minimum atomic E-state index is 0.599. The van der Waals surface area contributed by atoms with Crippen LogP contribution in [0, 0.1) is 17.8 Å². The van der Waals surface area contributed by atoms with Gasteiger partial charge in [-0.3, -0.25) is 0 Å². The van der Waals surface area contributed by atoms with Crippen molar-refractivity contribution in [3.05, 3.63) is 33.3 Å². The van der Waals surface area contributed by atoms with Gasteiger partial charge >= 0.3 is 0 Å². The first-order valence-electron chi connectivity index (χ1n) is 7.84. The highest BCUT2D eigenvalue weighted by Gasteiger charge is 2.47. The molecule has 0 heterocycles. The first kappa shape index (κ1) is 14.9. The van der Waals surface area contributed by atoms with Gasteiger partial charge in [0.1, 0.15) is 0 Å². The van der Waals surface area contributed by atoms with Crippen LogP contribution in [0.15, 0.2) is 22.7 Å². The SMILES string of the molecule is CCCNC(Cc1ccc(Br)cc1Cl)C1CC2CC2C1. The summed E-state index contributed by atoms with van der Waals surface area (Å²) in [6.07, 6.45) is 6.62. The zero-order chi connectivity index (χ0) is 14.1. The van der Waals surface area contributed by atoms with Crippen molar-refractivity contribution in [3.63, 3.8) is 0 Å². The number of rotatable bonds is 6. The summed E-state index contributed by atoms with van der Waals surface area (Å²) in [6, 6.07) is 6.88. The van der Waals surface area contributed by atoms with E-state index in [0.717, 1.165) is 40.2 Å². The molecule has 1 nitrogen and oxygen atoms in total. The fraction of sp³-hybridized carbons (Fsp3) is 0.647. The van der Waals surface area contributed by atoms with Crippen LogP contribution in [0.4, 0.5) is 0 Å². The number of hydrogen-bond donors (Lipinski definition) is 1. The fourth-order valence-electron chi connectivity index (χ4n) is 3.75. The molecule has 1 aromatic rings. The number of fused-ring (bicyclic) bond motifs is 1. The molecule has 0 amide bonds. The molecule has 2 saturated carbocycles. The average molecular weight is 357 g/mol. The Morgan fingerprint density at radius 1 is 1.30 bits per heavy atom. The molecule has 1 aromatic carbocycles. The van der Waals surface area contributed by atoms with E-state index in [1.807, 2.05) is 6.07 Å². The maximum atomic E-state index is 6.39. The van der Waals surface area contributed by atoms with E-state index in [1.54, 1.807) is 0 Å². The Balaban J connectivity index is 1.68. The van der Waals surface area contributed by atoms with Crippen molar-refractivity contribution in [2.45, 2.75) is 45.1 Å². The second-order valence-electron chi connectivity index (χ2n) is 6.49. The van der Waals surface area contributed by atoms with E-state index in [2.05, 4.69) is 40.3 Å². The molecular weight excluding hydrogens is 334 g/mol. The Kier molecular flexibility index (Phi) is 4.74. The van der Waals surface area contributed by atoms with Gasteiger partial charge in [-0.1, -0.05) is 40.5 Å². The molecule has 3 unspecified atom stereocenters. The second kappa shape index (κ2) is 6.37. The molecule has 1 N–H and O–H groups in total. The van der Waals surface area contributed by atoms with Crippen LogP contribution in [0.1, 0.15) is 38.2 Å². The van der Waals surface area contributed by atoms with Gasteiger partial charge in [0.25, 0.3) is 0 Å². The molecule has 3 heteroatoms. The van der Waals surface area contributed by atoms with E-state index in [9.17, 15) is 0 Å². The van der Waals surface area contributed by atoms with Gasteiger partial charge < -0.3 is 5.32 Å². The van der Waals surface area contributed by atoms with Crippen molar-refractivity contribution >= 4 is 27.5 Å². The summed E-state index contributed by atoms with van der Waals surface area (Å²) in [4.78, 5) is 0. The third-order valence-electron chi connectivity index (χ3n) is 4.96. The molecule has 0 radical (unpaired) electrons. The van der Waals surface area contributed by atoms with Crippen LogP contribution in [0.2, 0.25) is 5.02 Å². The number of nitrogens with one attached hydrogen (secondary N) is 1. The third kappa shape index (κ3) is 3.40. The van der Waals surface area contributed by atoms with Gasteiger partial charge in [-0.2, -0.15) is 0 Å². The summed E-state index contributed by atoms with van der Waals surface area (Å²) in [5.41, 5.74) is 1.28. The van der Waals surface area contributed by atoms with Crippen LogP contribution >= 0.6 is 27.5 Å². The molecular formula is C17H23BrClN. The predicted molar refractivity (Wildman–Crippen MR) is 89.3 cm³/mol. The Morgan fingerprint density at radius 3 is 2.70 bits per heavy atom. The van der Waals surface area contributed by atoms with Crippen molar-refractivity contribution in [2.75, 3.05) is 6.54 Å². The summed E-state index contributed by atoms with van der Waals surface area (Å²) in [7, 11) is 0. The molecule has 2 aliphatic rings. The van der Waals surface area contributed by atoms with Crippen molar-refractivity contribution in [2.24, 2.45) is 17.8 Å². The normalized spacial score (nSPS) is 29.2. The maximum absolute atomic E-state index is 6.39. The Morgan fingerprint density at radius 2 is 2.05 bits per heavy atom. The number of halogens is 2. The van der Waals surface area contributed by atoms with Gasteiger partial charge in [0.05, 0.1) is 0 Å². The monoisotopic (exact) mass is 355 g/mol. The highest BCUT2D eigenvalue weighted by Crippen LogP contribution is 2.55.